The van der Waals surface area contributed by atoms with Gasteiger partial charge in [0.15, 0.2) is 12.3 Å². The van der Waals surface area contributed by atoms with Crippen molar-refractivity contribution in [3.63, 3.8) is 0 Å². The highest BCUT2D eigenvalue weighted by Crippen LogP contribution is 2.21. The SMILES string of the molecule is CCCCCCCCCCCCCCCCCC(=O)N1CCN(C(=O)C(=O)C(COC(=O)N(Cc2cccc[n+]2CC)C(=O)c2ccccc2OC)OC)CC1. The van der Waals surface area contributed by atoms with E-state index in [0.29, 0.717) is 31.7 Å². The maximum absolute atomic E-state index is 13.7. The van der Waals surface area contributed by atoms with Crippen molar-refractivity contribution in [2.24, 2.45) is 0 Å². The second-order valence-corrected chi connectivity index (χ2v) is 14.6. The van der Waals surface area contributed by atoms with E-state index in [-0.39, 0.29) is 36.9 Å². The number of imide groups is 1. The maximum Gasteiger partial charge on any atom is 0.417 e. The van der Waals surface area contributed by atoms with Gasteiger partial charge in [-0.15, -0.1) is 0 Å². The number of carbonyl (C=O) groups excluding carboxylic acids is 5. The van der Waals surface area contributed by atoms with E-state index in [1.54, 1.807) is 41.3 Å². The molecule has 0 saturated carbocycles. The topological polar surface area (TPSA) is 127 Å². The number of methoxy groups -OCH3 is 2. The minimum Gasteiger partial charge on any atom is -0.496 e. The fourth-order valence-corrected chi connectivity index (χ4v) is 7.05. The summed E-state index contributed by atoms with van der Waals surface area (Å²) >= 11 is 0. The number of aromatic nitrogens is 1. The van der Waals surface area contributed by atoms with Crippen LogP contribution >= 0.6 is 0 Å². The number of carbonyl (C=O) groups is 5. The molecule has 12 nitrogen and oxygen atoms in total. The molecule has 310 valence electrons. The van der Waals surface area contributed by atoms with Crippen molar-refractivity contribution in [2.45, 2.75) is 136 Å². The number of pyridine rings is 1. The van der Waals surface area contributed by atoms with E-state index in [9.17, 15) is 24.0 Å². The predicted octanol–water partition coefficient (Wildman–Crippen LogP) is 7.30. The van der Waals surface area contributed by atoms with Gasteiger partial charge in [-0.2, -0.15) is 0 Å². The van der Waals surface area contributed by atoms with Crippen molar-refractivity contribution in [1.29, 1.82) is 0 Å². The molecule has 0 radical (unpaired) electrons. The third kappa shape index (κ3) is 15.3. The van der Waals surface area contributed by atoms with Gasteiger partial charge in [-0.3, -0.25) is 19.2 Å². The number of Topliss-reactive ketones (excluding diaryl/α,β-unsaturated/α-hetero) is 1. The lowest BCUT2D eigenvalue weighted by atomic mass is 10.0. The van der Waals surface area contributed by atoms with Gasteiger partial charge in [-0.1, -0.05) is 115 Å². The van der Waals surface area contributed by atoms with E-state index in [2.05, 4.69) is 6.92 Å². The van der Waals surface area contributed by atoms with E-state index in [4.69, 9.17) is 14.2 Å². The Kier molecular flexibility index (Phi) is 21.8. The molecule has 0 N–H and O–H groups in total. The third-order valence-electron chi connectivity index (χ3n) is 10.6. The van der Waals surface area contributed by atoms with Crippen LogP contribution in [0.4, 0.5) is 4.79 Å². The highest BCUT2D eigenvalue weighted by atomic mass is 16.6. The zero-order valence-electron chi connectivity index (χ0n) is 34.5. The summed E-state index contributed by atoms with van der Waals surface area (Å²) in [5, 5.41) is 0. The maximum atomic E-state index is 13.7. The molecule has 0 aliphatic carbocycles. The number of benzene rings is 1. The Hall–Kier alpha value is -4.32. The predicted molar refractivity (Wildman–Crippen MR) is 215 cm³/mol. The Morgan fingerprint density at radius 1 is 0.714 bits per heavy atom. The summed E-state index contributed by atoms with van der Waals surface area (Å²) in [4.78, 5) is 70.7. The summed E-state index contributed by atoms with van der Waals surface area (Å²) in [7, 11) is 2.69. The van der Waals surface area contributed by atoms with Gasteiger partial charge in [0.1, 0.15) is 25.4 Å². The van der Waals surface area contributed by atoms with Crippen molar-refractivity contribution in [2.75, 3.05) is 47.0 Å². The number of ketones is 1. The van der Waals surface area contributed by atoms with Gasteiger partial charge >= 0.3 is 6.09 Å². The van der Waals surface area contributed by atoms with Crippen molar-refractivity contribution in [3.05, 3.63) is 59.9 Å². The molecular weight excluding hydrogens is 713 g/mol. The summed E-state index contributed by atoms with van der Waals surface area (Å²) in [5.74, 6) is -1.92. The smallest absolute Gasteiger partial charge is 0.417 e. The highest BCUT2D eigenvalue weighted by Gasteiger charge is 2.35. The minimum absolute atomic E-state index is 0.0759. The molecule has 3 rings (SSSR count). The number of aryl methyl sites for hydroxylation is 1. The second kappa shape index (κ2) is 26.5. The van der Waals surface area contributed by atoms with Gasteiger partial charge in [0.2, 0.25) is 11.6 Å². The van der Waals surface area contributed by atoms with Crippen LogP contribution in [0.25, 0.3) is 0 Å². The van der Waals surface area contributed by atoms with Crippen LogP contribution < -0.4 is 9.30 Å². The van der Waals surface area contributed by atoms with Crippen LogP contribution in [-0.4, -0.2) is 97.4 Å². The van der Waals surface area contributed by atoms with E-state index in [0.717, 1.165) is 24.2 Å². The molecule has 0 bridgehead atoms. The molecule has 1 fully saturated rings. The van der Waals surface area contributed by atoms with Crippen LogP contribution in [0.1, 0.15) is 133 Å². The molecule has 2 heterocycles. The van der Waals surface area contributed by atoms with Crippen LogP contribution in [0.5, 0.6) is 5.75 Å². The fourth-order valence-electron chi connectivity index (χ4n) is 7.05. The molecule has 2 aromatic rings. The van der Waals surface area contributed by atoms with Gasteiger partial charge in [0.05, 0.1) is 12.7 Å². The zero-order chi connectivity index (χ0) is 40.5. The summed E-state index contributed by atoms with van der Waals surface area (Å²) in [6.45, 7) is 5.26. The van der Waals surface area contributed by atoms with Gasteiger partial charge in [0.25, 0.3) is 17.6 Å². The Morgan fingerprint density at radius 2 is 1.27 bits per heavy atom. The van der Waals surface area contributed by atoms with E-state index < -0.39 is 36.4 Å². The number of unbranched alkanes of at least 4 members (excludes halogenated alkanes) is 14. The van der Waals surface area contributed by atoms with Crippen molar-refractivity contribution >= 4 is 29.6 Å². The Morgan fingerprint density at radius 3 is 1.84 bits per heavy atom. The quantitative estimate of drug-likeness (QED) is 0.0554. The Bertz CT molecular complexity index is 1510. The second-order valence-electron chi connectivity index (χ2n) is 14.6. The molecule has 0 spiro atoms. The standard InChI is InChI=1S/C44H67N4O8/c1-5-7-8-9-10-11-12-13-14-15-16-17-18-19-20-28-40(49)46-30-32-47(33-31-46)43(52)41(50)39(55-4)35-56-44(53)48(34-36-25-23-24-29-45(36)6-2)42(51)37-26-21-22-27-38(37)54-3/h21-27,29,39H,5-20,28,30-35H2,1-4H3/q+1. The van der Waals surface area contributed by atoms with Gasteiger partial charge < -0.3 is 24.0 Å². The van der Waals surface area contributed by atoms with E-state index in [1.807, 2.05) is 23.8 Å². The lowest BCUT2D eigenvalue weighted by Crippen LogP contribution is -2.54. The zero-order valence-corrected chi connectivity index (χ0v) is 34.5. The van der Waals surface area contributed by atoms with Crippen LogP contribution in [0, 0.1) is 0 Å². The molecule has 56 heavy (non-hydrogen) atoms. The molecule has 1 saturated heterocycles. The number of para-hydroxylation sites is 1. The van der Waals surface area contributed by atoms with Crippen molar-refractivity contribution in [3.8, 4) is 5.75 Å². The molecule has 1 unspecified atom stereocenters. The van der Waals surface area contributed by atoms with Crippen LogP contribution in [0.15, 0.2) is 48.7 Å². The Balaban J connectivity index is 1.40. The summed E-state index contributed by atoms with van der Waals surface area (Å²) in [5.41, 5.74) is 0.838. The molecule has 1 aromatic heterocycles. The van der Waals surface area contributed by atoms with Gasteiger partial charge in [-0.05, 0) is 25.5 Å². The highest BCUT2D eigenvalue weighted by molar-refractivity contribution is 6.37. The molecule has 1 aliphatic heterocycles. The van der Waals surface area contributed by atoms with Crippen molar-refractivity contribution < 1.29 is 42.8 Å². The molecule has 4 amide bonds. The number of nitrogens with zero attached hydrogens (tertiary/aromatic N) is 4. The van der Waals surface area contributed by atoms with Crippen LogP contribution in [0.2, 0.25) is 0 Å². The van der Waals surface area contributed by atoms with Gasteiger partial charge in [-0.25, -0.2) is 14.3 Å². The first-order valence-electron chi connectivity index (χ1n) is 21.0. The number of hydrogen-bond donors (Lipinski definition) is 0. The molecule has 1 aliphatic rings. The number of hydrogen-bond acceptors (Lipinski definition) is 8. The normalized spacial score (nSPS) is 13.3. The van der Waals surface area contributed by atoms with E-state index in [1.165, 1.54) is 96.2 Å². The largest absolute Gasteiger partial charge is 0.496 e. The first kappa shape index (κ1) is 46.1. The average Bonchev–Trinajstić information content (AvgIpc) is 3.23. The summed E-state index contributed by atoms with van der Waals surface area (Å²) < 4.78 is 18.0. The molecular formula is C44H67N4O8+. The summed E-state index contributed by atoms with van der Waals surface area (Å²) in [6, 6.07) is 12.0. The number of rotatable bonds is 26. The summed E-state index contributed by atoms with van der Waals surface area (Å²) in [6.07, 6.45) is 19.0. The first-order valence-corrected chi connectivity index (χ1v) is 21.0. The molecule has 1 aromatic carbocycles. The van der Waals surface area contributed by atoms with Crippen LogP contribution in [0.3, 0.4) is 0 Å². The lowest BCUT2D eigenvalue weighted by molar-refractivity contribution is -0.701. The number of amides is 4. The first-order chi connectivity index (χ1) is 27.2. The Labute approximate surface area is 334 Å². The third-order valence-corrected chi connectivity index (χ3v) is 10.6. The lowest BCUT2D eigenvalue weighted by Gasteiger charge is -2.35. The van der Waals surface area contributed by atoms with E-state index >= 15 is 0 Å². The number of ether oxygens (including phenoxy) is 3. The van der Waals surface area contributed by atoms with Gasteiger partial charge in [0, 0.05) is 51.8 Å². The molecule has 1 atom stereocenters. The van der Waals surface area contributed by atoms with Crippen LogP contribution in [-0.2, 0) is 36.9 Å². The monoisotopic (exact) mass is 779 g/mol. The number of piperazine rings is 1. The fraction of sp³-hybridized carbons (Fsp3) is 0.636. The van der Waals surface area contributed by atoms with Crippen molar-refractivity contribution in [1.82, 2.24) is 14.7 Å². The minimum atomic E-state index is -1.38. The molecule has 12 heteroatoms. The average molecular weight is 780 g/mol.